The molecular formula is C11H21NO2. The van der Waals surface area contributed by atoms with Crippen LogP contribution in [0.5, 0.6) is 0 Å². The zero-order valence-electron chi connectivity index (χ0n) is 9.43. The second-order valence-electron chi connectivity index (χ2n) is 4.79. The molecule has 0 radical (unpaired) electrons. The van der Waals surface area contributed by atoms with E-state index in [1.54, 1.807) is 7.11 Å². The number of carbonyl (C=O) groups is 1. The molecule has 1 aliphatic carbocycles. The minimum absolute atomic E-state index is 0.00692. The second kappa shape index (κ2) is 4.78. The van der Waals surface area contributed by atoms with Gasteiger partial charge in [-0.05, 0) is 18.3 Å². The number of hydrogen-bond acceptors (Lipinski definition) is 2. The van der Waals surface area contributed by atoms with Crippen LogP contribution in [0.3, 0.4) is 0 Å². The first-order valence-electron chi connectivity index (χ1n) is 5.34. The highest BCUT2D eigenvalue weighted by atomic mass is 16.5. The topological polar surface area (TPSA) is 38.3 Å². The van der Waals surface area contributed by atoms with E-state index in [4.69, 9.17) is 4.74 Å². The van der Waals surface area contributed by atoms with Crippen LogP contribution in [0.15, 0.2) is 0 Å². The number of amides is 1. The molecule has 0 aromatic rings. The first-order chi connectivity index (χ1) is 6.56. The van der Waals surface area contributed by atoms with Crippen LogP contribution in [-0.4, -0.2) is 25.7 Å². The molecule has 1 fully saturated rings. The molecule has 1 atom stereocenters. The normalized spacial score (nSPS) is 25.8. The average Bonchev–Trinajstić information content (AvgIpc) is 2.09. The summed E-state index contributed by atoms with van der Waals surface area (Å²) in [6, 6.07) is 0.318. The van der Waals surface area contributed by atoms with Crippen molar-refractivity contribution in [3.63, 3.8) is 0 Å². The van der Waals surface area contributed by atoms with Crippen LogP contribution in [-0.2, 0) is 9.53 Å². The van der Waals surface area contributed by atoms with E-state index in [0.29, 0.717) is 6.04 Å². The molecule has 82 valence electrons. The zero-order chi connectivity index (χ0) is 10.6. The molecule has 1 rings (SSSR count). The number of methoxy groups -OCH3 is 1. The van der Waals surface area contributed by atoms with Gasteiger partial charge < -0.3 is 10.1 Å². The van der Waals surface area contributed by atoms with Crippen molar-refractivity contribution in [1.82, 2.24) is 5.32 Å². The third-order valence-corrected chi connectivity index (χ3v) is 3.12. The summed E-state index contributed by atoms with van der Waals surface area (Å²) in [7, 11) is 1.55. The summed E-state index contributed by atoms with van der Waals surface area (Å²) in [5.41, 5.74) is 0.238. The molecule has 0 aromatic carbocycles. The van der Waals surface area contributed by atoms with E-state index in [0.717, 1.165) is 6.42 Å². The van der Waals surface area contributed by atoms with Crippen molar-refractivity contribution in [2.75, 3.05) is 13.7 Å². The number of rotatable bonds is 3. The van der Waals surface area contributed by atoms with E-state index in [1.165, 1.54) is 19.3 Å². The molecule has 0 heterocycles. The van der Waals surface area contributed by atoms with Gasteiger partial charge in [0.2, 0.25) is 5.91 Å². The summed E-state index contributed by atoms with van der Waals surface area (Å²) in [6.45, 7) is 4.63. The highest BCUT2D eigenvalue weighted by Gasteiger charge is 2.32. The van der Waals surface area contributed by atoms with E-state index in [1.807, 2.05) is 0 Å². The maximum absolute atomic E-state index is 11.4. The maximum Gasteiger partial charge on any atom is 0.246 e. The van der Waals surface area contributed by atoms with Crippen LogP contribution in [0.2, 0.25) is 0 Å². The highest BCUT2D eigenvalue weighted by molar-refractivity contribution is 5.77. The fraction of sp³-hybridized carbons (Fsp3) is 0.909. The van der Waals surface area contributed by atoms with Crippen molar-refractivity contribution < 1.29 is 9.53 Å². The number of ether oxygens (including phenoxy) is 1. The quantitative estimate of drug-likeness (QED) is 0.751. The van der Waals surface area contributed by atoms with E-state index in [-0.39, 0.29) is 17.9 Å². The van der Waals surface area contributed by atoms with E-state index in [9.17, 15) is 4.79 Å². The predicted octanol–water partition coefficient (Wildman–Crippen LogP) is 1.72. The minimum Gasteiger partial charge on any atom is -0.375 e. The predicted molar refractivity (Wildman–Crippen MR) is 56.1 cm³/mol. The van der Waals surface area contributed by atoms with Crippen molar-refractivity contribution >= 4 is 5.91 Å². The maximum atomic E-state index is 11.4. The van der Waals surface area contributed by atoms with Crippen molar-refractivity contribution in [1.29, 1.82) is 0 Å². The van der Waals surface area contributed by atoms with Crippen LogP contribution in [0.1, 0.15) is 39.5 Å². The van der Waals surface area contributed by atoms with Crippen LogP contribution in [0.25, 0.3) is 0 Å². The van der Waals surface area contributed by atoms with Crippen LogP contribution < -0.4 is 5.32 Å². The lowest BCUT2D eigenvalue weighted by atomic mass is 9.73. The Balaban J connectivity index is 2.45. The first kappa shape index (κ1) is 11.5. The Morgan fingerprint density at radius 1 is 1.50 bits per heavy atom. The summed E-state index contributed by atoms with van der Waals surface area (Å²) < 4.78 is 4.80. The van der Waals surface area contributed by atoms with Crippen LogP contribution in [0.4, 0.5) is 0 Å². The van der Waals surface area contributed by atoms with Crippen LogP contribution >= 0.6 is 0 Å². The van der Waals surface area contributed by atoms with E-state index in [2.05, 4.69) is 19.2 Å². The fourth-order valence-corrected chi connectivity index (χ4v) is 2.13. The van der Waals surface area contributed by atoms with Gasteiger partial charge in [-0.1, -0.05) is 26.7 Å². The SMILES string of the molecule is COCC(=O)NC1CCCCC1(C)C. The summed E-state index contributed by atoms with van der Waals surface area (Å²) >= 11 is 0. The van der Waals surface area contributed by atoms with Gasteiger partial charge in [-0.25, -0.2) is 0 Å². The van der Waals surface area contributed by atoms with E-state index < -0.39 is 0 Å². The van der Waals surface area contributed by atoms with E-state index >= 15 is 0 Å². The van der Waals surface area contributed by atoms with Crippen molar-refractivity contribution in [2.45, 2.75) is 45.6 Å². The highest BCUT2D eigenvalue weighted by Crippen LogP contribution is 2.35. The lowest BCUT2D eigenvalue weighted by molar-refractivity contribution is -0.126. The number of carbonyl (C=O) groups excluding carboxylic acids is 1. The minimum atomic E-state index is 0.00692. The molecule has 1 saturated carbocycles. The first-order valence-corrected chi connectivity index (χ1v) is 5.34. The Morgan fingerprint density at radius 3 is 2.79 bits per heavy atom. The molecule has 3 heteroatoms. The smallest absolute Gasteiger partial charge is 0.246 e. The number of hydrogen-bond donors (Lipinski definition) is 1. The Labute approximate surface area is 86.2 Å². The lowest BCUT2D eigenvalue weighted by Crippen LogP contribution is -2.47. The molecule has 1 aliphatic rings. The van der Waals surface area contributed by atoms with Gasteiger partial charge in [0.25, 0.3) is 0 Å². The Hall–Kier alpha value is -0.570. The largest absolute Gasteiger partial charge is 0.375 e. The van der Waals surface area contributed by atoms with Gasteiger partial charge in [-0.15, -0.1) is 0 Å². The molecule has 1 amide bonds. The van der Waals surface area contributed by atoms with Crippen molar-refractivity contribution in [2.24, 2.45) is 5.41 Å². The van der Waals surface area contributed by atoms with Crippen LogP contribution in [0, 0.1) is 5.41 Å². The summed E-state index contributed by atoms with van der Waals surface area (Å²) in [6.07, 6.45) is 4.80. The van der Waals surface area contributed by atoms with Gasteiger partial charge in [0.15, 0.2) is 0 Å². The molecule has 1 N–H and O–H groups in total. The average molecular weight is 199 g/mol. The molecule has 0 saturated heterocycles. The third kappa shape index (κ3) is 2.98. The summed E-state index contributed by atoms with van der Waals surface area (Å²) in [5, 5.41) is 3.05. The van der Waals surface area contributed by atoms with Gasteiger partial charge in [0.1, 0.15) is 6.61 Å². The molecular weight excluding hydrogens is 178 g/mol. The molecule has 0 aliphatic heterocycles. The summed E-state index contributed by atoms with van der Waals surface area (Å²) in [5.74, 6) is 0.00692. The standard InChI is InChI=1S/C11H21NO2/c1-11(2)7-5-4-6-9(11)12-10(13)8-14-3/h9H,4-8H2,1-3H3,(H,12,13). The Kier molecular flexibility index (Phi) is 3.93. The monoisotopic (exact) mass is 199 g/mol. The van der Waals surface area contributed by atoms with Crippen molar-refractivity contribution in [3.05, 3.63) is 0 Å². The Morgan fingerprint density at radius 2 is 2.21 bits per heavy atom. The van der Waals surface area contributed by atoms with Gasteiger partial charge >= 0.3 is 0 Å². The number of nitrogens with one attached hydrogen (secondary N) is 1. The van der Waals surface area contributed by atoms with Crippen molar-refractivity contribution in [3.8, 4) is 0 Å². The summed E-state index contributed by atoms with van der Waals surface area (Å²) in [4.78, 5) is 11.4. The molecule has 3 nitrogen and oxygen atoms in total. The third-order valence-electron chi connectivity index (χ3n) is 3.12. The second-order valence-corrected chi connectivity index (χ2v) is 4.79. The van der Waals surface area contributed by atoms with Gasteiger partial charge in [0, 0.05) is 13.2 Å². The molecule has 0 bridgehead atoms. The molecule has 0 aromatic heterocycles. The Bertz CT molecular complexity index is 201. The zero-order valence-corrected chi connectivity index (χ0v) is 9.43. The van der Waals surface area contributed by atoms with Gasteiger partial charge in [0.05, 0.1) is 0 Å². The van der Waals surface area contributed by atoms with Gasteiger partial charge in [-0.2, -0.15) is 0 Å². The molecule has 14 heavy (non-hydrogen) atoms. The molecule has 0 spiro atoms. The fourth-order valence-electron chi connectivity index (χ4n) is 2.13. The molecule has 1 unspecified atom stereocenters. The lowest BCUT2D eigenvalue weighted by Gasteiger charge is -2.39. The van der Waals surface area contributed by atoms with Gasteiger partial charge in [-0.3, -0.25) is 4.79 Å².